The number of hydrogen-bond acceptors (Lipinski definition) is 4. The number of amides is 3. The van der Waals surface area contributed by atoms with Gasteiger partial charge in [0.15, 0.2) is 0 Å². The van der Waals surface area contributed by atoms with Gasteiger partial charge in [0.2, 0.25) is 0 Å². The first-order valence-electron chi connectivity index (χ1n) is 9.40. The molecule has 0 radical (unpaired) electrons. The van der Waals surface area contributed by atoms with Crippen molar-refractivity contribution in [1.29, 1.82) is 0 Å². The molecule has 0 bridgehead atoms. The molecule has 3 amide bonds. The van der Waals surface area contributed by atoms with Gasteiger partial charge in [0.05, 0.1) is 11.3 Å². The Balaban J connectivity index is 2.14. The zero-order valence-electron chi connectivity index (χ0n) is 16.5. The van der Waals surface area contributed by atoms with E-state index in [0.717, 1.165) is 25.7 Å². The fourth-order valence-corrected chi connectivity index (χ4v) is 2.85. The normalized spacial score (nSPS) is 14.4. The first-order valence-corrected chi connectivity index (χ1v) is 9.40. The molecule has 0 atom stereocenters. The van der Waals surface area contributed by atoms with Crippen LogP contribution >= 0.6 is 0 Å². The van der Waals surface area contributed by atoms with Gasteiger partial charge in [-0.3, -0.25) is 19.8 Å². The summed E-state index contributed by atoms with van der Waals surface area (Å²) in [6.07, 6.45) is 4.69. The van der Waals surface area contributed by atoms with Gasteiger partial charge in [0, 0.05) is 18.2 Å². The molecule has 1 aromatic rings. The summed E-state index contributed by atoms with van der Waals surface area (Å²) < 4.78 is 5.27. The number of unbranched alkanes of at least 4 members (excludes halogenated alkanes) is 3. The third kappa shape index (κ3) is 5.67. The Morgan fingerprint density at radius 1 is 1.11 bits per heavy atom. The highest BCUT2D eigenvalue weighted by molar-refractivity contribution is 6.34. The summed E-state index contributed by atoms with van der Waals surface area (Å²) in [4.78, 5) is 38.4. The SMILES string of the molecule is CCCCCCN1C(=O)C=C(c2ccccc2NC(=O)OC(C)(C)C)C1=O. The van der Waals surface area contributed by atoms with Crippen LogP contribution in [0.5, 0.6) is 0 Å². The first kappa shape index (κ1) is 20.7. The lowest BCUT2D eigenvalue weighted by atomic mass is 10.0. The first-order chi connectivity index (χ1) is 12.7. The van der Waals surface area contributed by atoms with Crippen LogP contribution in [-0.4, -0.2) is 35.0 Å². The summed E-state index contributed by atoms with van der Waals surface area (Å²) >= 11 is 0. The average Bonchev–Trinajstić information content (AvgIpc) is 2.85. The summed E-state index contributed by atoms with van der Waals surface area (Å²) in [7, 11) is 0. The average molecular weight is 372 g/mol. The Bertz CT molecular complexity index is 747. The molecule has 27 heavy (non-hydrogen) atoms. The fraction of sp³-hybridized carbons (Fsp3) is 0.476. The zero-order valence-corrected chi connectivity index (χ0v) is 16.5. The van der Waals surface area contributed by atoms with Crippen molar-refractivity contribution in [3.05, 3.63) is 35.9 Å². The highest BCUT2D eigenvalue weighted by Gasteiger charge is 2.32. The third-order valence-electron chi connectivity index (χ3n) is 4.10. The molecule has 2 rings (SSSR count). The lowest BCUT2D eigenvalue weighted by molar-refractivity contribution is -0.136. The molecule has 1 aliphatic rings. The molecule has 1 heterocycles. The van der Waals surface area contributed by atoms with E-state index in [1.165, 1.54) is 11.0 Å². The van der Waals surface area contributed by atoms with E-state index >= 15 is 0 Å². The number of rotatable bonds is 7. The van der Waals surface area contributed by atoms with Crippen molar-refractivity contribution in [2.24, 2.45) is 0 Å². The van der Waals surface area contributed by atoms with Gasteiger partial charge < -0.3 is 4.74 Å². The number of hydrogen-bond donors (Lipinski definition) is 1. The van der Waals surface area contributed by atoms with Gasteiger partial charge in [0.25, 0.3) is 11.8 Å². The van der Waals surface area contributed by atoms with Crippen LogP contribution in [0.1, 0.15) is 58.9 Å². The van der Waals surface area contributed by atoms with Crippen LogP contribution in [0.3, 0.4) is 0 Å². The van der Waals surface area contributed by atoms with Crippen molar-refractivity contribution in [2.75, 3.05) is 11.9 Å². The molecule has 6 nitrogen and oxygen atoms in total. The van der Waals surface area contributed by atoms with E-state index in [9.17, 15) is 14.4 Å². The Morgan fingerprint density at radius 3 is 2.48 bits per heavy atom. The molecular formula is C21H28N2O4. The van der Waals surface area contributed by atoms with Crippen molar-refractivity contribution < 1.29 is 19.1 Å². The minimum atomic E-state index is -0.632. The minimum Gasteiger partial charge on any atom is -0.444 e. The number of carbonyl (C=O) groups excluding carboxylic acids is 3. The second-order valence-electron chi connectivity index (χ2n) is 7.59. The van der Waals surface area contributed by atoms with E-state index in [-0.39, 0.29) is 11.8 Å². The molecule has 1 aromatic carbocycles. The molecule has 6 heteroatoms. The number of ether oxygens (including phenoxy) is 1. The van der Waals surface area contributed by atoms with E-state index in [1.807, 2.05) is 0 Å². The largest absolute Gasteiger partial charge is 0.444 e. The molecular weight excluding hydrogens is 344 g/mol. The van der Waals surface area contributed by atoms with Crippen LogP contribution in [0.2, 0.25) is 0 Å². The third-order valence-corrected chi connectivity index (χ3v) is 4.10. The maximum absolute atomic E-state index is 12.7. The minimum absolute atomic E-state index is 0.294. The van der Waals surface area contributed by atoms with Gasteiger partial charge in [-0.15, -0.1) is 0 Å². The lowest BCUT2D eigenvalue weighted by Crippen LogP contribution is -2.32. The van der Waals surface area contributed by atoms with Crippen LogP contribution in [0, 0.1) is 0 Å². The standard InChI is InChI=1S/C21H28N2O4/c1-5-6-7-10-13-23-18(24)14-16(19(23)25)15-11-8-9-12-17(15)22-20(26)27-21(2,3)4/h8-9,11-12,14H,5-7,10,13H2,1-4H3,(H,22,26). The van der Waals surface area contributed by atoms with Gasteiger partial charge in [-0.05, 0) is 33.3 Å². The molecule has 1 N–H and O–H groups in total. The molecule has 0 unspecified atom stereocenters. The summed E-state index contributed by atoms with van der Waals surface area (Å²) in [6.45, 7) is 7.85. The monoisotopic (exact) mass is 372 g/mol. The lowest BCUT2D eigenvalue weighted by Gasteiger charge is -2.20. The summed E-state index contributed by atoms with van der Waals surface area (Å²) in [5.74, 6) is -0.631. The Kier molecular flexibility index (Phi) is 6.77. The maximum Gasteiger partial charge on any atom is 0.412 e. The van der Waals surface area contributed by atoms with Crippen molar-refractivity contribution in [1.82, 2.24) is 4.90 Å². The highest BCUT2D eigenvalue weighted by Crippen LogP contribution is 2.30. The van der Waals surface area contributed by atoms with E-state index < -0.39 is 11.7 Å². The van der Waals surface area contributed by atoms with E-state index in [2.05, 4.69) is 12.2 Å². The fourth-order valence-electron chi connectivity index (χ4n) is 2.85. The Hall–Kier alpha value is -2.63. The molecule has 146 valence electrons. The number of carbonyl (C=O) groups is 3. The number of nitrogens with one attached hydrogen (secondary N) is 1. The van der Waals surface area contributed by atoms with Crippen LogP contribution in [0.25, 0.3) is 5.57 Å². The Labute approximate surface area is 160 Å². The summed E-state index contributed by atoms with van der Waals surface area (Å²) in [5, 5.41) is 2.67. The number of benzene rings is 1. The number of imide groups is 1. The van der Waals surface area contributed by atoms with E-state index in [0.29, 0.717) is 23.4 Å². The Morgan fingerprint density at radius 2 is 1.81 bits per heavy atom. The zero-order chi connectivity index (χ0) is 20.0. The van der Waals surface area contributed by atoms with Gasteiger partial charge >= 0.3 is 6.09 Å². The topological polar surface area (TPSA) is 75.7 Å². The second-order valence-corrected chi connectivity index (χ2v) is 7.59. The highest BCUT2D eigenvalue weighted by atomic mass is 16.6. The number of anilines is 1. The summed E-state index contributed by atoms with van der Waals surface area (Å²) in [6, 6.07) is 6.91. The molecule has 0 spiro atoms. The van der Waals surface area contributed by atoms with E-state index in [4.69, 9.17) is 4.74 Å². The smallest absolute Gasteiger partial charge is 0.412 e. The van der Waals surface area contributed by atoms with Crippen LogP contribution in [-0.2, 0) is 14.3 Å². The van der Waals surface area contributed by atoms with Gasteiger partial charge in [-0.25, -0.2) is 4.79 Å². The molecule has 0 fully saturated rings. The number of para-hydroxylation sites is 1. The van der Waals surface area contributed by atoms with Crippen molar-refractivity contribution >= 4 is 29.2 Å². The quantitative estimate of drug-likeness (QED) is 0.570. The predicted octanol–water partition coefficient (Wildman–Crippen LogP) is 4.37. The van der Waals surface area contributed by atoms with Gasteiger partial charge in [-0.1, -0.05) is 44.4 Å². The van der Waals surface area contributed by atoms with Crippen molar-refractivity contribution in [3.8, 4) is 0 Å². The van der Waals surface area contributed by atoms with Crippen LogP contribution in [0.15, 0.2) is 30.3 Å². The molecule has 0 aromatic heterocycles. The van der Waals surface area contributed by atoms with Gasteiger partial charge in [-0.2, -0.15) is 0 Å². The second kappa shape index (κ2) is 8.84. The maximum atomic E-state index is 12.7. The molecule has 0 saturated carbocycles. The molecule has 1 aliphatic heterocycles. The molecule has 0 saturated heterocycles. The van der Waals surface area contributed by atoms with Crippen LogP contribution in [0.4, 0.5) is 10.5 Å². The van der Waals surface area contributed by atoms with Gasteiger partial charge in [0.1, 0.15) is 5.60 Å². The number of nitrogens with zero attached hydrogens (tertiary/aromatic N) is 1. The van der Waals surface area contributed by atoms with Crippen molar-refractivity contribution in [3.63, 3.8) is 0 Å². The predicted molar refractivity (Wildman–Crippen MR) is 105 cm³/mol. The van der Waals surface area contributed by atoms with Crippen LogP contribution < -0.4 is 5.32 Å². The van der Waals surface area contributed by atoms with E-state index in [1.54, 1.807) is 45.0 Å². The molecule has 0 aliphatic carbocycles. The van der Waals surface area contributed by atoms with Crippen molar-refractivity contribution in [2.45, 2.75) is 59.0 Å². The summed E-state index contributed by atoms with van der Waals surface area (Å²) in [5.41, 5.74) is 0.610.